The number of rotatable bonds is 5. The van der Waals surface area contributed by atoms with Crippen molar-refractivity contribution in [1.82, 2.24) is 9.80 Å². The van der Waals surface area contributed by atoms with Gasteiger partial charge in [-0.05, 0) is 44.7 Å². The van der Waals surface area contributed by atoms with Gasteiger partial charge in [-0.1, -0.05) is 26.7 Å². The first-order valence-electron chi connectivity index (χ1n) is 8.26. The smallest absolute Gasteiger partial charge is 0.0223 e. The van der Waals surface area contributed by atoms with Gasteiger partial charge in [0.15, 0.2) is 0 Å². The first kappa shape index (κ1) is 15.3. The average Bonchev–Trinajstić information content (AvgIpc) is 2.40. The fraction of sp³-hybridized carbons (Fsp3) is 1.00. The van der Waals surface area contributed by atoms with Crippen molar-refractivity contribution in [2.45, 2.75) is 65.0 Å². The Hall–Kier alpha value is -0.120. The lowest BCUT2D eigenvalue weighted by molar-refractivity contribution is -0.00467. The van der Waals surface area contributed by atoms with E-state index in [1.54, 1.807) is 0 Å². The van der Waals surface area contributed by atoms with Crippen LogP contribution in [0, 0.1) is 5.41 Å². The largest absolute Gasteiger partial charge is 0.330 e. The van der Waals surface area contributed by atoms with E-state index >= 15 is 0 Å². The van der Waals surface area contributed by atoms with Gasteiger partial charge < -0.3 is 5.73 Å². The Morgan fingerprint density at radius 3 is 2.74 bits per heavy atom. The molecule has 0 aromatic rings. The van der Waals surface area contributed by atoms with Gasteiger partial charge in [0.2, 0.25) is 0 Å². The van der Waals surface area contributed by atoms with Gasteiger partial charge in [-0.15, -0.1) is 0 Å². The summed E-state index contributed by atoms with van der Waals surface area (Å²) in [4.78, 5) is 5.44. The summed E-state index contributed by atoms with van der Waals surface area (Å²) in [6.07, 6.45) is 6.72. The van der Waals surface area contributed by atoms with E-state index in [1.807, 2.05) is 0 Å². The Balaban J connectivity index is 1.95. The van der Waals surface area contributed by atoms with Gasteiger partial charge in [0, 0.05) is 31.7 Å². The molecule has 2 aliphatic rings. The van der Waals surface area contributed by atoms with Crippen molar-refractivity contribution < 1.29 is 0 Å². The van der Waals surface area contributed by atoms with Crippen molar-refractivity contribution >= 4 is 0 Å². The van der Waals surface area contributed by atoms with Crippen molar-refractivity contribution in [3.63, 3.8) is 0 Å². The van der Waals surface area contributed by atoms with E-state index in [2.05, 4.69) is 30.6 Å². The molecule has 3 heteroatoms. The van der Waals surface area contributed by atoms with E-state index in [9.17, 15) is 0 Å². The van der Waals surface area contributed by atoms with Crippen LogP contribution in [0.1, 0.15) is 52.9 Å². The second-order valence-electron chi connectivity index (χ2n) is 7.19. The van der Waals surface area contributed by atoms with E-state index in [1.165, 1.54) is 58.3 Å². The Morgan fingerprint density at radius 2 is 2.05 bits per heavy atom. The highest BCUT2D eigenvalue weighted by atomic mass is 15.3. The van der Waals surface area contributed by atoms with Crippen molar-refractivity contribution in [2.75, 3.05) is 32.7 Å². The Bertz CT molecular complexity index is 281. The van der Waals surface area contributed by atoms with Gasteiger partial charge in [-0.25, -0.2) is 0 Å². The van der Waals surface area contributed by atoms with Crippen LogP contribution >= 0.6 is 0 Å². The van der Waals surface area contributed by atoms with E-state index in [0.717, 1.165) is 12.6 Å². The molecule has 3 nitrogen and oxygen atoms in total. The summed E-state index contributed by atoms with van der Waals surface area (Å²) in [5.41, 5.74) is 6.36. The molecule has 19 heavy (non-hydrogen) atoms. The Kier molecular flexibility index (Phi) is 5.27. The molecule has 2 N–H and O–H groups in total. The molecule has 2 heterocycles. The van der Waals surface area contributed by atoms with Crippen molar-refractivity contribution in [3.8, 4) is 0 Å². The topological polar surface area (TPSA) is 32.5 Å². The van der Waals surface area contributed by atoms with Gasteiger partial charge in [-0.3, -0.25) is 9.80 Å². The van der Waals surface area contributed by atoms with E-state index < -0.39 is 0 Å². The monoisotopic (exact) mass is 267 g/mol. The maximum Gasteiger partial charge on any atom is 0.0223 e. The van der Waals surface area contributed by atoms with Gasteiger partial charge in [0.1, 0.15) is 0 Å². The van der Waals surface area contributed by atoms with Crippen LogP contribution in [0.25, 0.3) is 0 Å². The van der Waals surface area contributed by atoms with Crippen LogP contribution < -0.4 is 5.73 Å². The molecule has 0 aliphatic carbocycles. The van der Waals surface area contributed by atoms with Crippen LogP contribution in [-0.4, -0.2) is 54.6 Å². The minimum Gasteiger partial charge on any atom is -0.330 e. The van der Waals surface area contributed by atoms with Crippen LogP contribution in [0.5, 0.6) is 0 Å². The Labute approximate surface area is 119 Å². The number of hydrogen-bond acceptors (Lipinski definition) is 3. The Morgan fingerprint density at radius 1 is 1.26 bits per heavy atom. The highest BCUT2D eigenvalue weighted by Crippen LogP contribution is 2.29. The molecule has 2 saturated heterocycles. The van der Waals surface area contributed by atoms with E-state index in [0.29, 0.717) is 11.5 Å². The predicted molar refractivity (Wildman–Crippen MR) is 82.3 cm³/mol. The lowest BCUT2D eigenvalue weighted by Gasteiger charge is -2.49. The summed E-state index contributed by atoms with van der Waals surface area (Å²) in [6.45, 7) is 12.9. The molecule has 0 amide bonds. The molecule has 0 aromatic carbocycles. The SMILES string of the molecule is CCCC(C)(CN)CN1CC2CCCCN2CC1C. The lowest BCUT2D eigenvalue weighted by Crippen LogP contribution is -2.60. The van der Waals surface area contributed by atoms with Crippen LogP contribution in [0.15, 0.2) is 0 Å². The summed E-state index contributed by atoms with van der Waals surface area (Å²) in [7, 11) is 0. The third-order valence-electron chi connectivity index (χ3n) is 5.25. The minimum atomic E-state index is 0.305. The lowest BCUT2D eigenvalue weighted by atomic mass is 9.84. The van der Waals surface area contributed by atoms with Crippen LogP contribution in [-0.2, 0) is 0 Å². The maximum absolute atomic E-state index is 6.05. The van der Waals surface area contributed by atoms with Crippen molar-refractivity contribution in [2.24, 2.45) is 11.1 Å². The molecule has 0 saturated carbocycles. The number of nitrogens with two attached hydrogens (primary N) is 1. The van der Waals surface area contributed by atoms with Crippen LogP contribution in [0.4, 0.5) is 0 Å². The molecule has 3 atom stereocenters. The number of nitrogens with zero attached hydrogens (tertiary/aromatic N) is 2. The first-order valence-corrected chi connectivity index (χ1v) is 8.26. The number of piperazine rings is 1. The zero-order valence-corrected chi connectivity index (χ0v) is 13.2. The van der Waals surface area contributed by atoms with Crippen LogP contribution in [0.3, 0.4) is 0 Å². The third-order valence-corrected chi connectivity index (χ3v) is 5.25. The van der Waals surface area contributed by atoms with Gasteiger partial charge in [0.25, 0.3) is 0 Å². The van der Waals surface area contributed by atoms with Gasteiger partial charge in [-0.2, -0.15) is 0 Å². The van der Waals surface area contributed by atoms with Crippen LogP contribution in [0.2, 0.25) is 0 Å². The number of fused-ring (bicyclic) bond motifs is 1. The average molecular weight is 267 g/mol. The molecule has 3 unspecified atom stereocenters. The molecule has 0 bridgehead atoms. The van der Waals surface area contributed by atoms with Crippen molar-refractivity contribution in [1.29, 1.82) is 0 Å². The van der Waals surface area contributed by atoms with Gasteiger partial charge in [0.05, 0.1) is 0 Å². The molecular weight excluding hydrogens is 234 g/mol. The zero-order valence-electron chi connectivity index (χ0n) is 13.2. The molecular formula is C16H33N3. The summed E-state index contributed by atoms with van der Waals surface area (Å²) < 4.78 is 0. The third kappa shape index (κ3) is 3.71. The summed E-state index contributed by atoms with van der Waals surface area (Å²) in [5, 5.41) is 0. The summed E-state index contributed by atoms with van der Waals surface area (Å²) >= 11 is 0. The number of piperidine rings is 1. The summed E-state index contributed by atoms with van der Waals surface area (Å²) in [5.74, 6) is 0. The highest BCUT2D eigenvalue weighted by molar-refractivity contribution is 4.91. The molecule has 112 valence electrons. The maximum atomic E-state index is 6.05. The molecule has 0 aromatic heterocycles. The standard InChI is InChI=1S/C16H33N3/c1-4-8-16(3,12-17)13-19-11-15-7-5-6-9-18(15)10-14(19)2/h14-15H,4-13,17H2,1-3H3. The fourth-order valence-corrected chi connectivity index (χ4v) is 3.97. The zero-order chi connectivity index (χ0) is 13.9. The first-order chi connectivity index (χ1) is 9.08. The van der Waals surface area contributed by atoms with Gasteiger partial charge >= 0.3 is 0 Å². The fourth-order valence-electron chi connectivity index (χ4n) is 3.97. The van der Waals surface area contributed by atoms with E-state index in [-0.39, 0.29) is 0 Å². The number of hydrogen-bond donors (Lipinski definition) is 1. The predicted octanol–water partition coefficient (Wildman–Crippen LogP) is 2.31. The summed E-state index contributed by atoms with van der Waals surface area (Å²) in [6, 6.07) is 1.51. The normalized spacial score (nSPS) is 32.8. The second-order valence-corrected chi connectivity index (χ2v) is 7.19. The second kappa shape index (κ2) is 6.55. The minimum absolute atomic E-state index is 0.305. The molecule has 2 rings (SSSR count). The molecule has 2 fully saturated rings. The van der Waals surface area contributed by atoms with E-state index in [4.69, 9.17) is 5.73 Å². The molecule has 0 radical (unpaired) electrons. The molecule has 0 spiro atoms. The van der Waals surface area contributed by atoms with Crippen molar-refractivity contribution in [3.05, 3.63) is 0 Å². The highest BCUT2D eigenvalue weighted by Gasteiger charge is 2.35. The quantitative estimate of drug-likeness (QED) is 0.829. The molecule has 2 aliphatic heterocycles.